The molecular weight excluding hydrogens is 230 g/mol. The lowest BCUT2D eigenvalue weighted by atomic mass is 9.93. The van der Waals surface area contributed by atoms with Gasteiger partial charge in [0.05, 0.1) is 0 Å². The smallest absolute Gasteiger partial charge is 0.137 e. The average molecular weight is 249 g/mol. The molecule has 0 atom stereocenters. The molecule has 2 rings (SSSR count). The molecule has 2 aromatic heterocycles. The summed E-state index contributed by atoms with van der Waals surface area (Å²) in [5.41, 5.74) is 5.89. The second-order valence-electron chi connectivity index (χ2n) is 5.19. The Kier molecular flexibility index (Phi) is 3.35. The van der Waals surface area contributed by atoms with E-state index in [4.69, 9.17) is 5.73 Å². The van der Waals surface area contributed by atoms with Crippen LogP contribution >= 0.6 is 11.3 Å². The molecule has 92 valence electrons. The lowest BCUT2D eigenvalue weighted by molar-refractivity contribution is 0.384. The van der Waals surface area contributed by atoms with Gasteiger partial charge in [0.1, 0.15) is 5.82 Å². The maximum Gasteiger partial charge on any atom is 0.137 e. The first-order valence-electron chi connectivity index (χ1n) is 5.77. The summed E-state index contributed by atoms with van der Waals surface area (Å²) in [7, 11) is 2.08. The predicted octanol–water partition coefficient (Wildman–Crippen LogP) is 2.72. The Morgan fingerprint density at radius 1 is 1.41 bits per heavy atom. The lowest BCUT2D eigenvalue weighted by Crippen LogP contribution is -2.37. The van der Waals surface area contributed by atoms with Gasteiger partial charge in [0.25, 0.3) is 0 Å². The zero-order valence-electron chi connectivity index (χ0n) is 10.6. The van der Waals surface area contributed by atoms with Gasteiger partial charge in [-0.3, -0.25) is 0 Å². The first-order chi connectivity index (χ1) is 8.03. The molecule has 0 radical (unpaired) electrons. The SMILES string of the molecule is CN(CC(C)(C)CN)c1nccc2sccc12. The third-order valence-electron chi connectivity index (χ3n) is 2.94. The Labute approximate surface area is 106 Å². The largest absolute Gasteiger partial charge is 0.359 e. The van der Waals surface area contributed by atoms with Gasteiger partial charge in [-0.25, -0.2) is 4.98 Å². The molecule has 0 unspecified atom stereocenters. The molecule has 0 saturated carbocycles. The fourth-order valence-corrected chi connectivity index (χ4v) is 2.74. The van der Waals surface area contributed by atoms with Crippen molar-refractivity contribution >= 4 is 27.2 Å². The molecule has 17 heavy (non-hydrogen) atoms. The van der Waals surface area contributed by atoms with Gasteiger partial charge in [-0.05, 0) is 29.5 Å². The number of rotatable bonds is 4. The Morgan fingerprint density at radius 3 is 2.88 bits per heavy atom. The minimum atomic E-state index is 0.106. The molecule has 0 aliphatic heterocycles. The van der Waals surface area contributed by atoms with Crippen molar-refractivity contribution < 1.29 is 0 Å². The van der Waals surface area contributed by atoms with E-state index in [2.05, 4.69) is 48.3 Å². The second kappa shape index (κ2) is 4.63. The molecule has 0 bridgehead atoms. The van der Waals surface area contributed by atoms with Crippen LogP contribution in [0.25, 0.3) is 10.1 Å². The number of hydrogen-bond donors (Lipinski definition) is 1. The summed E-state index contributed by atoms with van der Waals surface area (Å²) in [6.07, 6.45) is 1.88. The lowest BCUT2D eigenvalue weighted by Gasteiger charge is -2.30. The van der Waals surface area contributed by atoms with Crippen molar-refractivity contribution in [1.29, 1.82) is 0 Å². The van der Waals surface area contributed by atoms with Crippen molar-refractivity contribution in [3.05, 3.63) is 23.7 Å². The molecule has 0 aliphatic rings. The first kappa shape index (κ1) is 12.3. The van der Waals surface area contributed by atoms with Crippen LogP contribution in [0, 0.1) is 5.41 Å². The molecule has 0 spiro atoms. The highest BCUT2D eigenvalue weighted by Gasteiger charge is 2.20. The summed E-state index contributed by atoms with van der Waals surface area (Å²) in [4.78, 5) is 6.69. The van der Waals surface area contributed by atoms with Crippen LogP contribution in [0.4, 0.5) is 5.82 Å². The summed E-state index contributed by atoms with van der Waals surface area (Å²) in [6.45, 7) is 5.94. The van der Waals surface area contributed by atoms with E-state index < -0.39 is 0 Å². The van der Waals surface area contributed by atoms with Crippen LogP contribution in [0.3, 0.4) is 0 Å². The number of anilines is 1. The number of thiophene rings is 1. The van der Waals surface area contributed by atoms with Crippen molar-refractivity contribution in [2.45, 2.75) is 13.8 Å². The number of fused-ring (bicyclic) bond motifs is 1. The molecule has 2 N–H and O–H groups in total. The van der Waals surface area contributed by atoms with Gasteiger partial charge in [0, 0.05) is 29.9 Å². The molecule has 3 nitrogen and oxygen atoms in total. The van der Waals surface area contributed by atoms with E-state index in [0.717, 1.165) is 12.4 Å². The Balaban J connectivity index is 2.30. The van der Waals surface area contributed by atoms with Crippen LogP contribution < -0.4 is 10.6 Å². The predicted molar refractivity (Wildman–Crippen MR) is 75.7 cm³/mol. The van der Waals surface area contributed by atoms with Crippen LogP contribution in [-0.4, -0.2) is 25.1 Å². The summed E-state index contributed by atoms with van der Waals surface area (Å²) < 4.78 is 1.28. The molecule has 0 aliphatic carbocycles. The van der Waals surface area contributed by atoms with E-state index in [1.54, 1.807) is 11.3 Å². The van der Waals surface area contributed by atoms with Crippen molar-refractivity contribution in [2.75, 3.05) is 25.0 Å². The zero-order chi connectivity index (χ0) is 12.5. The van der Waals surface area contributed by atoms with Crippen LogP contribution in [0.5, 0.6) is 0 Å². The quantitative estimate of drug-likeness (QED) is 0.906. The Hall–Kier alpha value is -1.13. The molecule has 0 aromatic carbocycles. The highest BCUT2D eigenvalue weighted by atomic mass is 32.1. The van der Waals surface area contributed by atoms with Crippen molar-refractivity contribution in [3.8, 4) is 0 Å². The van der Waals surface area contributed by atoms with Gasteiger partial charge in [0.15, 0.2) is 0 Å². The zero-order valence-corrected chi connectivity index (χ0v) is 11.4. The second-order valence-corrected chi connectivity index (χ2v) is 6.14. The molecule has 2 heterocycles. The third-order valence-corrected chi connectivity index (χ3v) is 3.82. The van der Waals surface area contributed by atoms with Gasteiger partial charge in [-0.2, -0.15) is 0 Å². The van der Waals surface area contributed by atoms with E-state index >= 15 is 0 Å². The van der Waals surface area contributed by atoms with Gasteiger partial charge in [-0.1, -0.05) is 13.8 Å². The van der Waals surface area contributed by atoms with Crippen LogP contribution in [0.2, 0.25) is 0 Å². The minimum Gasteiger partial charge on any atom is -0.359 e. The van der Waals surface area contributed by atoms with Crippen molar-refractivity contribution in [1.82, 2.24) is 4.98 Å². The molecule has 4 heteroatoms. The van der Waals surface area contributed by atoms with Gasteiger partial charge in [-0.15, -0.1) is 11.3 Å². The number of nitrogens with two attached hydrogens (primary N) is 1. The number of aromatic nitrogens is 1. The Morgan fingerprint density at radius 2 is 2.18 bits per heavy atom. The maximum atomic E-state index is 5.78. The van der Waals surface area contributed by atoms with E-state index in [-0.39, 0.29) is 5.41 Å². The summed E-state index contributed by atoms with van der Waals surface area (Å²) >= 11 is 1.75. The van der Waals surface area contributed by atoms with E-state index in [1.165, 1.54) is 10.1 Å². The molecule has 2 aromatic rings. The van der Waals surface area contributed by atoms with E-state index in [0.29, 0.717) is 6.54 Å². The summed E-state index contributed by atoms with van der Waals surface area (Å²) in [5, 5.41) is 3.34. The van der Waals surface area contributed by atoms with E-state index in [9.17, 15) is 0 Å². The van der Waals surface area contributed by atoms with Crippen molar-refractivity contribution in [3.63, 3.8) is 0 Å². The summed E-state index contributed by atoms with van der Waals surface area (Å²) in [6, 6.07) is 4.19. The van der Waals surface area contributed by atoms with E-state index in [1.807, 2.05) is 6.20 Å². The van der Waals surface area contributed by atoms with Gasteiger partial charge >= 0.3 is 0 Å². The average Bonchev–Trinajstić information content (AvgIpc) is 2.76. The third kappa shape index (κ3) is 2.58. The monoisotopic (exact) mass is 249 g/mol. The number of nitrogens with zero attached hydrogens (tertiary/aromatic N) is 2. The Bertz CT molecular complexity index is 504. The molecule has 0 amide bonds. The number of pyridine rings is 1. The fourth-order valence-electron chi connectivity index (χ4n) is 1.97. The topological polar surface area (TPSA) is 42.1 Å². The van der Waals surface area contributed by atoms with Crippen LogP contribution in [0.1, 0.15) is 13.8 Å². The highest BCUT2D eigenvalue weighted by Crippen LogP contribution is 2.29. The minimum absolute atomic E-state index is 0.106. The van der Waals surface area contributed by atoms with Crippen LogP contribution in [0.15, 0.2) is 23.7 Å². The fraction of sp³-hybridized carbons (Fsp3) is 0.462. The summed E-state index contributed by atoms with van der Waals surface area (Å²) in [5.74, 6) is 1.05. The molecular formula is C13H19N3S. The van der Waals surface area contributed by atoms with Crippen molar-refractivity contribution in [2.24, 2.45) is 11.1 Å². The highest BCUT2D eigenvalue weighted by molar-refractivity contribution is 7.17. The normalized spacial score (nSPS) is 12.0. The molecule has 0 saturated heterocycles. The standard InChI is InChI=1S/C13H19N3S/c1-13(2,8-14)9-16(3)12-10-5-7-17-11(10)4-6-15-12/h4-7H,8-9,14H2,1-3H3. The first-order valence-corrected chi connectivity index (χ1v) is 6.65. The number of hydrogen-bond acceptors (Lipinski definition) is 4. The van der Waals surface area contributed by atoms with Crippen LogP contribution in [-0.2, 0) is 0 Å². The molecule has 0 fully saturated rings. The maximum absolute atomic E-state index is 5.78. The van der Waals surface area contributed by atoms with Gasteiger partial charge in [0.2, 0.25) is 0 Å². The van der Waals surface area contributed by atoms with Gasteiger partial charge < -0.3 is 10.6 Å².